The summed E-state index contributed by atoms with van der Waals surface area (Å²) in [5.74, 6) is 0.377. The Kier molecular flexibility index (Phi) is 3.54. The van der Waals surface area contributed by atoms with E-state index in [2.05, 4.69) is 31.2 Å². The minimum atomic E-state index is -0.532. The van der Waals surface area contributed by atoms with E-state index in [4.69, 9.17) is 4.74 Å². The zero-order valence-corrected chi connectivity index (χ0v) is 12.9. The Balaban J connectivity index is 2.20. The molecule has 2 rings (SSSR count). The summed E-state index contributed by atoms with van der Waals surface area (Å²) in [5, 5.41) is 2.58. The molecule has 6 heteroatoms. The summed E-state index contributed by atoms with van der Waals surface area (Å²) in [5.41, 5.74) is 2.21. The number of halogens is 1. The van der Waals surface area contributed by atoms with Crippen molar-refractivity contribution in [3.63, 3.8) is 0 Å². The van der Waals surface area contributed by atoms with Crippen LogP contribution in [0.2, 0.25) is 0 Å². The maximum absolute atomic E-state index is 11.6. The third-order valence-electron chi connectivity index (χ3n) is 2.38. The second-order valence-corrected chi connectivity index (χ2v) is 6.19. The number of imidazole rings is 1. The highest BCUT2D eigenvalue weighted by Crippen LogP contribution is 2.23. The van der Waals surface area contributed by atoms with Crippen LogP contribution in [0.3, 0.4) is 0 Å². The van der Waals surface area contributed by atoms with Gasteiger partial charge in [0.25, 0.3) is 0 Å². The Labute approximate surface area is 119 Å². The highest BCUT2D eigenvalue weighted by atomic mass is 79.9. The van der Waals surface area contributed by atoms with Gasteiger partial charge in [0, 0.05) is 4.47 Å². The zero-order valence-electron chi connectivity index (χ0n) is 11.3. The third kappa shape index (κ3) is 3.47. The largest absolute Gasteiger partial charge is 0.444 e. The molecule has 0 radical (unpaired) electrons. The van der Waals surface area contributed by atoms with Crippen LogP contribution in [0.15, 0.2) is 16.6 Å². The maximum Gasteiger partial charge on any atom is 0.414 e. The number of aromatic nitrogens is 2. The molecule has 1 aromatic carbocycles. The summed E-state index contributed by atoms with van der Waals surface area (Å²) in [6.07, 6.45) is -0.526. The molecule has 0 saturated carbocycles. The van der Waals surface area contributed by atoms with Gasteiger partial charge in [-0.1, -0.05) is 15.9 Å². The Bertz CT molecular complexity index is 590. The lowest BCUT2D eigenvalue weighted by atomic mass is 10.2. The number of aromatic amines is 1. The number of amides is 1. The first-order chi connectivity index (χ1) is 8.74. The lowest BCUT2D eigenvalue weighted by molar-refractivity contribution is 0.0635. The van der Waals surface area contributed by atoms with E-state index in [1.165, 1.54) is 0 Å². The number of benzene rings is 1. The number of anilines is 1. The summed E-state index contributed by atoms with van der Waals surface area (Å²) in [7, 11) is 0. The zero-order chi connectivity index (χ0) is 14.2. The molecule has 2 N–H and O–H groups in total. The van der Waals surface area contributed by atoms with Crippen LogP contribution in [-0.4, -0.2) is 21.7 Å². The van der Waals surface area contributed by atoms with E-state index < -0.39 is 11.7 Å². The van der Waals surface area contributed by atoms with E-state index in [9.17, 15) is 4.79 Å². The molecule has 0 aliphatic heterocycles. The Morgan fingerprint density at radius 2 is 2.11 bits per heavy atom. The number of rotatable bonds is 1. The fraction of sp³-hybridized carbons (Fsp3) is 0.385. The van der Waals surface area contributed by atoms with Crippen LogP contribution in [0.1, 0.15) is 26.3 Å². The van der Waals surface area contributed by atoms with Crippen LogP contribution in [0, 0.1) is 6.92 Å². The highest BCUT2D eigenvalue weighted by molar-refractivity contribution is 9.10. The average Bonchev–Trinajstić information content (AvgIpc) is 2.56. The van der Waals surface area contributed by atoms with Gasteiger partial charge in [-0.3, -0.25) is 5.32 Å². The van der Waals surface area contributed by atoms with Gasteiger partial charge in [-0.2, -0.15) is 0 Å². The van der Waals surface area contributed by atoms with Gasteiger partial charge in [0.15, 0.2) is 0 Å². The standard InChI is InChI=1S/C13H16BrN3O2/c1-7-5-9-10(6-8(7)14)16-11(15-9)17-12(18)19-13(2,3)4/h5-6H,1-4H3,(H2,15,16,17,18). The van der Waals surface area contributed by atoms with E-state index in [-0.39, 0.29) is 0 Å². The van der Waals surface area contributed by atoms with Crippen molar-refractivity contribution in [1.82, 2.24) is 9.97 Å². The number of aryl methyl sites for hydroxylation is 1. The molecule has 102 valence electrons. The van der Waals surface area contributed by atoms with E-state index in [1.807, 2.05) is 39.8 Å². The molecular formula is C13H16BrN3O2. The molecular weight excluding hydrogens is 310 g/mol. The number of nitrogens with one attached hydrogen (secondary N) is 2. The quantitative estimate of drug-likeness (QED) is 0.833. The minimum Gasteiger partial charge on any atom is -0.444 e. The number of fused-ring (bicyclic) bond motifs is 1. The van der Waals surface area contributed by atoms with Crippen LogP contribution in [0.5, 0.6) is 0 Å². The maximum atomic E-state index is 11.6. The second kappa shape index (κ2) is 4.85. The number of ether oxygens (including phenoxy) is 1. The molecule has 1 heterocycles. The van der Waals surface area contributed by atoms with Gasteiger partial charge in [0.2, 0.25) is 5.95 Å². The van der Waals surface area contributed by atoms with Gasteiger partial charge in [-0.15, -0.1) is 0 Å². The molecule has 0 saturated heterocycles. The van der Waals surface area contributed by atoms with Crippen molar-refractivity contribution >= 4 is 39.0 Å². The van der Waals surface area contributed by atoms with Gasteiger partial charge in [0.05, 0.1) is 11.0 Å². The Morgan fingerprint density at radius 1 is 1.42 bits per heavy atom. The monoisotopic (exact) mass is 325 g/mol. The molecule has 2 aromatic rings. The van der Waals surface area contributed by atoms with E-state index in [1.54, 1.807) is 0 Å². The number of hydrogen-bond acceptors (Lipinski definition) is 3. The molecule has 0 bridgehead atoms. The number of nitrogens with zero attached hydrogens (tertiary/aromatic N) is 1. The van der Waals surface area contributed by atoms with Gasteiger partial charge in [0.1, 0.15) is 5.60 Å². The molecule has 0 spiro atoms. The van der Waals surface area contributed by atoms with Crippen LogP contribution in [-0.2, 0) is 4.74 Å². The summed E-state index contributed by atoms with van der Waals surface area (Å²) in [4.78, 5) is 19.0. The summed E-state index contributed by atoms with van der Waals surface area (Å²) >= 11 is 3.45. The van der Waals surface area contributed by atoms with Crippen molar-refractivity contribution in [2.24, 2.45) is 0 Å². The fourth-order valence-electron chi connectivity index (χ4n) is 1.60. The predicted molar refractivity (Wildman–Crippen MR) is 78.4 cm³/mol. The lowest BCUT2D eigenvalue weighted by Gasteiger charge is -2.18. The molecule has 0 aliphatic rings. The fourth-order valence-corrected chi connectivity index (χ4v) is 1.93. The highest BCUT2D eigenvalue weighted by Gasteiger charge is 2.17. The first-order valence-electron chi connectivity index (χ1n) is 5.90. The van der Waals surface area contributed by atoms with Crippen molar-refractivity contribution in [2.45, 2.75) is 33.3 Å². The van der Waals surface area contributed by atoms with Crippen molar-refractivity contribution in [3.8, 4) is 0 Å². The number of H-pyrrole nitrogens is 1. The van der Waals surface area contributed by atoms with Gasteiger partial charge >= 0.3 is 6.09 Å². The second-order valence-electron chi connectivity index (χ2n) is 5.33. The SMILES string of the molecule is Cc1cc2[nH]c(NC(=O)OC(C)(C)C)nc2cc1Br. The topological polar surface area (TPSA) is 67.0 Å². The van der Waals surface area contributed by atoms with Crippen molar-refractivity contribution in [1.29, 1.82) is 0 Å². The molecule has 5 nitrogen and oxygen atoms in total. The molecule has 19 heavy (non-hydrogen) atoms. The minimum absolute atomic E-state index is 0.377. The van der Waals surface area contributed by atoms with Gasteiger partial charge < -0.3 is 9.72 Å². The van der Waals surface area contributed by atoms with E-state index in [0.29, 0.717) is 5.95 Å². The van der Waals surface area contributed by atoms with E-state index >= 15 is 0 Å². The first-order valence-corrected chi connectivity index (χ1v) is 6.70. The van der Waals surface area contributed by atoms with Crippen LogP contribution < -0.4 is 5.32 Å². The third-order valence-corrected chi connectivity index (χ3v) is 3.24. The molecule has 0 aliphatic carbocycles. The smallest absolute Gasteiger partial charge is 0.414 e. The molecule has 0 atom stereocenters. The number of carbonyl (C=O) groups is 1. The summed E-state index contributed by atoms with van der Waals surface area (Å²) in [6.45, 7) is 7.42. The molecule has 0 fully saturated rings. The molecule has 1 amide bonds. The van der Waals surface area contributed by atoms with Crippen LogP contribution in [0.25, 0.3) is 11.0 Å². The molecule has 0 unspecified atom stereocenters. The Morgan fingerprint density at radius 3 is 2.74 bits per heavy atom. The van der Waals surface area contributed by atoms with Crippen LogP contribution in [0.4, 0.5) is 10.7 Å². The van der Waals surface area contributed by atoms with Gasteiger partial charge in [-0.25, -0.2) is 9.78 Å². The molecule has 1 aromatic heterocycles. The Hall–Kier alpha value is -1.56. The van der Waals surface area contributed by atoms with Crippen LogP contribution >= 0.6 is 15.9 Å². The van der Waals surface area contributed by atoms with Gasteiger partial charge in [-0.05, 0) is 45.4 Å². The van der Waals surface area contributed by atoms with Crippen molar-refractivity contribution in [3.05, 3.63) is 22.2 Å². The average molecular weight is 326 g/mol. The summed E-state index contributed by atoms with van der Waals surface area (Å²) < 4.78 is 6.15. The summed E-state index contributed by atoms with van der Waals surface area (Å²) in [6, 6.07) is 3.87. The normalized spacial score (nSPS) is 11.6. The van der Waals surface area contributed by atoms with Crippen molar-refractivity contribution in [2.75, 3.05) is 5.32 Å². The lowest BCUT2D eigenvalue weighted by Crippen LogP contribution is -2.27. The predicted octanol–water partition coefficient (Wildman–Crippen LogP) is 3.98. The number of carbonyl (C=O) groups excluding carboxylic acids is 1. The number of hydrogen-bond donors (Lipinski definition) is 2. The van der Waals surface area contributed by atoms with Crippen molar-refractivity contribution < 1.29 is 9.53 Å². The van der Waals surface area contributed by atoms with E-state index in [0.717, 1.165) is 21.1 Å². The first kappa shape index (κ1) is 13.9.